The molecule has 2 rings (SSSR count). The van der Waals surface area contributed by atoms with Crippen LogP contribution in [0.1, 0.15) is 18.9 Å². The van der Waals surface area contributed by atoms with Gasteiger partial charge in [-0.25, -0.2) is 4.79 Å². The highest BCUT2D eigenvalue weighted by Crippen LogP contribution is 2.30. The van der Waals surface area contributed by atoms with Crippen LogP contribution in [0.15, 0.2) is 53.4 Å². The van der Waals surface area contributed by atoms with Gasteiger partial charge >= 0.3 is 6.09 Å². The van der Waals surface area contributed by atoms with Crippen molar-refractivity contribution in [3.05, 3.63) is 64.2 Å². The van der Waals surface area contributed by atoms with Crippen molar-refractivity contribution in [2.45, 2.75) is 24.8 Å². The molecule has 0 radical (unpaired) electrons. The van der Waals surface area contributed by atoms with Gasteiger partial charge in [-0.3, -0.25) is 15.4 Å². The summed E-state index contributed by atoms with van der Waals surface area (Å²) >= 11 is 1.58. The number of rotatable bonds is 7. The maximum absolute atomic E-state index is 11.9. The molecule has 0 fully saturated rings. The van der Waals surface area contributed by atoms with Gasteiger partial charge in [0.1, 0.15) is 12.3 Å². The average Bonchev–Trinajstić information content (AvgIpc) is 2.59. The molecule has 126 valence electrons. The molecule has 0 bridgehead atoms. The van der Waals surface area contributed by atoms with E-state index in [9.17, 15) is 14.9 Å². The molecule has 24 heavy (non-hydrogen) atoms. The van der Waals surface area contributed by atoms with E-state index in [0.717, 1.165) is 22.6 Å². The minimum Gasteiger partial charge on any atom is -0.444 e. The fourth-order valence-corrected chi connectivity index (χ4v) is 2.76. The molecule has 0 saturated heterocycles. The Morgan fingerprint density at radius 2 is 2.00 bits per heavy atom. The maximum atomic E-state index is 11.9. The molecule has 6 nitrogen and oxygen atoms in total. The topological polar surface area (TPSA) is 81.5 Å². The Kier molecular flexibility index (Phi) is 6.62. The summed E-state index contributed by atoms with van der Waals surface area (Å²) in [7, 11) is 0. The van der Waals surface area contributed by atoms with Crippen molar-refractivity contribution < 1.29 is 14.5 Å². The first kappa shape index (κ1) is 17.8. The smallest absolute Gasteiger partial charge is 0.412 e. The van der Waals surface area contributed by atoms with E-state index in [1.165, 1.54) is 6.07 Å². The van der Waals surface area contributed by atoms with E-state index >= 15 is 0 Å². The molecule has 2 aromatic carbocycles. The third-order valence-electron chi connectivity index (χ3n) is 3.09. The summed E-state index contributed by atoms with van der Waals surface area (Å²) in [6.07, 6.45) is 0.267. The number of anilines is 1. The molecule has 0 aromatic heterocycles. The van der Waals surface area contributed by atoms with Crippen LogP contribution in [0.2, 0.25) is 0 Å². The largest absolute Gasteiger partial charge is 0.444 e. The third kappa shape index (κ3) is 5.27. The molecule has 1 N–H and O–H groups in total. The van der Waals surface area contributed by atoms with Gasteiger partial charge in [0.05, 0.1) is 4.92 Å². The van der Waals surface area contributed by atoms with Gasteiger partial charge in [0.25, 0.3) is 5.69 Å². The van der Waals surface area contributed by atoms with Gasteiger partial charge in [-0.05, 0) is 29.9 Å². The Morgan fingerprint density at radius 1 is 1.25 bits per heavy atom. The zero-order valence-electron chi connectivity index (χ0n) is 13.2. The quantitative estimate of drug-likeness (QED) is 0.440. The predicted molar refractivity (Wildman–Crippen MR) is 94.4 cm³/mol. The SMILES string of the molecule is CCCSc1ccc([N+](=O)[O-])c(NC(=O)OCc2ccccc2)c1. The number of nitro groups is 1. The second-order valence-corrected chi connectivity index (χ2v) is 6.14. The lowest BCUT2D eigenvalue weighted by Gasteiger charge is -2.09. The van der Waals surface area contributed by atoms with Crippen molar-refractivity contribution in [1.82, 2.24) is 0 Å². The summed E-state index contributed by atoms with van der Waals surface area (Å²) in [6, 6.07) is 13.9. The first-order chi connectivity index (χ1) is 11.6. The number of amides is 1. The highest BCUT2D eigenvalue weighted by Gasteiger charge is 2.17. The Labute approximate surface area is 144 Å². The van der Waals surface area contributed by atoms with Crippen molar-refractivity contribution in [3.63, 3.8) is 0 Å². The summed E-state index contributed by atoms with van der Waals surface area (Å²) in [6.45, 7) is 2.16. The lowest BCUT2D eigenvalue weighted by Crippen LogP contribution is -2.14. The van der Waals surface area contributed by atoms with Crippen molar-refractivity contribution in [3.8, 4) is 0 Å². The highest BCUT2D eigenvalue weighted by atomic mass is 32.2. The van der Waals surface area contributed by atoms with Gasteiger partial charge in [0.2, 0.25) is 0 Å². The number of nitrogens with zero attached hydrogens (tertiary/aromatic N) is 1. The molecule has 0 heterocycles. The van der Waals surface area contributed by atoms with Crippen LogP contribution >= 0.6 is 11.8 Å². The maximum Gasteiger partial charge on any atom is 0.412 e. The second-order valence-electron chi connectivity index (χ2n) is 4.97. The highest BCUT2D eigenvalue weighted by molar-refractivity contribution is 7.99. The van der Waals surface area contributed by atoms with E-state index in [-0.39, 0.29) is 18.0 Å². The second kappa shape index (κ2) is 8.93. The van der Waals surface area contributed by atoms with Gasteiger partial charge < -0.3 is 4.74 Å². The van der Waals surface area contributed by atoms with Crippen LogP contribution in [-0.2, 0) is 11.3 Å². The van der Waals surface area contributed by atoms with Crippen LogP contribution in [0.3, 0.4) is 0 Å². The fourth-order valence-electron chi connectivity index (χ4n) is 1.95. The van der Waals surface area contributed by atoms with Crippen molar-refractivity contribution >= 4 is 29.2 Å². The number of carbonyl (C=O) groups excluding carboxylic acids is 1. The molecule has 0 aliphatic heterocycles. The Bertz CT molecular complexity index is 707. The van der Waals surface area contributed by atoms with E-state index in [1.807, 2.05) is 30.3 Å². The first-order valence-corrected chi connectivity index (χ1v) is 8.47. The van der Waals surface area contributed by atoms with Crippen molar-refractivity contribution in [2.75, 3.05) is 11.1 Å². The van der Waals surface area contributed by atoms with Crippen LogP contribution in [0.5, 0.6) is 0 Å². The van der Waals surface area contributed by atoms with Crippen LogP contribution in [-0.4, -0.2) is 16.8 Å². The number of carbonyl (C=O) groups is 1. The Balaban J connectivity index is 2.05. The molecular formula is C17H18N2O4S. The lowest BCUT2D eigenvalue weighted by atomic mass is 10.2. The van der Waals surface area contributed by atoms with Crippen LogP contribution in [0.25, 0.3) is 0 Å². The van der Waals surface area contributed by atoms with E-state index in [1.54, 1.807) is 23.9 Å². The van der Waals surface area contributed by atoms with Gasteiger partial charge in [0, 0.05) is 11.0 Å². The van der Waals surface area contributed by atoms with Crippen molar-refractivity contribution in [2.24, 2.45) is 0 Å². The summed E-state index contributed by atoms with van der Waals surface area (Å²) in [5.41, 5.74) is 0.820. The normalized spacial score (nSPS) is 10.2. The molecule has 0 aliphatic carbocycles. The fraction of sp³-hybridized carbons (Fsp3) is 0.235. The number of ether oxygens (including phenoxy) is 1. The van der Waals surface area contributed by atoms with E-state index in [0.29, 0.717) is 0 Å². The molecule has 0 saturated carbocycles. The zero-order valence-corrected chi connectivity index (χ0v) is 14.0. The molecule has 0 aliphatic rings. The van der Waals surface area contributed by atoms with Crippen LogP contribution in [0.4, 0.5) is 16.2 Å². The van der Waals surface area contributed by atoms with E-state index in [4.69, 9.17) is 4.74 Å². The van der Waals surface area contributed by atoms with E-state index in [2.05, 4.69) is 12.2 Å². The number of hydrogen-bond acceptors (Lipinski definition) is 5. The molecule has 1 amide bonds. The minimum absolute atomic E-state index is 0.102. The summed E-state index contributed by atoms with van der Waals surface area (Å²) in [4.78, 5) is 23.4. The Hall–Kier alpha value is -2.54. The van der Waals surface area contributed by atoms with Crippen LogP contribution < -0.4 is 5.32 Å². The minimum atomic E-state index is -0.723. The van der Waals surface area contributed by atoms with Gasteiger partial charge in [-0.2, -0.15) is 0 Å². The number of nitro benzene ring substituents is 1. The van der Waals surface area contributed by atoms with Gasteiger partial charge in [0.15, 0.2) is 0 Å². The van der Waals surface area contributed by atoms with E-state index < -0.39 is 11.0 Å². The summed E-state index contributed by atoms with van der Waals surface area (Å²) < 4.78 is 5.11. The Morgan fingerprint density at radius 3 is 2.67 bits per heavy atom. The molecule has 7 heteroatoms. The monoisotopic (exact) mass is 346 g/mol. The predicted octanol–water partition coefficient (Wildman–Crippen LogP) is 4.85. The molecule has 0 unspecified atom stereocenters. The van der Waals surface area contributed by atoms with Gasteiger partial charge in [-0.15, -0.1) is 11.8 Å². The van der Waals surface area contributed by atoms with Crippen LogP contribution in [0, 0.1) is 10.1 Å². The molecule has 0 atom stereocenters. The number of thioether (sulfide) groups is 1. The average molecular weight is 346 g/mol. The zero-order chi connectivity index (χ0) is 17.4. The summed E-state index contributed by atoms with van der Waals surface area (Å²) in [5, 5.41) is 13.6. The lowest BCUT2D eigenvalue weighted by molar-refractivity contribution is -0.384. The molecule has 0 spiro atoms. The number of hydrogen-bond donors (Lipinski definition) is 1. The van der Waals surface area contributed by atoms with Gasteiger partial charge in [-0.1, -0.05) is 37.3 Å². The number of nitrogens with one attached hydrogen (secondary N) is 1. The molecule has 2 aromatic rings. The third-order valence-corrected chi connectivity index (χ3v) is 4.29. The standard InChI is InChI=1S/C17H18N2O4S/c1-2-10-24-14-8-9-16(19(21)22)15(11-14)18-17(20)23-12-13-6-4-3-5-7-13/h3-9,11H,2,10,12H2,1H3,(H,18,20). The first-order valence-electron chi connectivity index (χ1n) is 7.49. The summed E-state index contributed by atoms with van der Waals surface area (Å²) in [5.74, 6) is 0.899. The molecular weight excluding hydrogens is 328 g/mol. The van der Waals surface area contributed by atoms with Crippen molar-refractivity contribution in [1.29, 1.82) is 0 Å². The number of benzene rings is 2.